The summed E-state index contributed by atoms with van der Waals surface area (Å²) in [6.07, 6.45) is 8.30. The van der Waals surface area contributed by atoms with Crippen LogP contribution in [0.25, 0.3) is 0 Å². The predicted octanol–water partition coefficient (Wildman–Crippen LogP) is 2.41. The summed E-state index contributed by atoms with van der Waals surface area (Å²) in [5.41, 5.74) is 2.48. The molecule has 1 aliphatic carbocycles. The number of aromatic nitrogens is 1. The van der Waals surface area contributed by atoms with Gasteiger partial charge >= 0.3 is 0 Å². The van der Waals surface area contributed by atoms with E-state index in [-0.39, 0.29) is 0 Å². The number of hydrogen-bond donors (Lipinski definition) is 1. The van der Waals surface area contributed by atoms with E-state index in [1.807, 2.05) is 0 Å². The molecule has 0 atom stereocenters. The van der Waals surface area contributed by atoms with Gasteiger partial charge in [-0.05, 0) is 43.9 Å². The van der Waals surface area contributed by atoms with Crippen molar-refractivity contribution in [3.63, 3.8) is 0 Å². The highest BCUT2D eigenvalue weighted by Gasteiger charge is 2.20. The van der Waals surface area contributed by atoms with E-state index in [0.29, 0.717) is 0 Å². The summed E-state index contributed by atoms with van der Waals surface area (Å²) in [5, 5.41) is 3.57. The molecule has 1 fully saturated rings. The lowest BCUT2D eigenvalue weighted by Gasteiger charge is -2.25. The van der Waals surface area contributed by atoms with Gasteiger partial charge in [-0.25, -0.2) is 4.98 Å². The minimum absolute atomic E-state index is 0.764. The number of nitrogens with zero attached hydrogens (tertiary/aromatic N) is 2. The van der Waals surface area contributed by atoms with Gasteiger partial charge in [0.05, 0.1) is 0 Å². The zero-order valence-electron chi connectivity index (χ0n) is 11.0. The summed E-state index contributed by atoms with van der Waals surface area (Å²) in [5.74, 6) is 1.13. The predicted molar refractivity (Wildman–Crippen MR) is 74.8 cm³/mol. The topological polar surface area (TPSA) is 28.2 Å². The Morgan fingerprint density at radius 2 is 2.22 bits per heavy atom. The zero-order chi connectivity index (χ0) is 12.4. The second-order valence-corrected chi connectivity index (χ2v) is 5.34. The van der Waals surface area contributed by atoms with Crippen LogP contribution in [-0.4, -0.2) is 24.1 Å². The molecule has 0 radical (unpaired) electrons. The van der Waals surface area contributed by atoms with E-state index in [1.165, 1.54) is 18.4 Å². The fourth-order valence-corrected chi connectivity index (χ4v) is 2.38. The highest BCUT2D eigenvalue weighted by Crippen LogP contribution is 2.21. The van der Waals surface area contributed by atoms with Crippen LogP contribution < -0.4 is 10.2 Å². The second kappa shape index (κ2) is 5.11. The lowest BCUT2D eigenvalue weighted by Crippen LogP contribution is -2.28. The molecule has 96 valence electrons. The van der Waals surface area contributed by atoms with Crippen molar-refractivity contribution in [3.05, 3.63) is 35.5 Å². The molecule has 2 aliphatic rings. The van der Waals surface area contributed by atoms with Crippen LogP contribution in [0.4, 0.5) is 5.82 Å². The van der Waals surface area contributed by atoms with E-state index < -0.39 is 0 Å². The quantitative estimate of drug-likeness (QED) is 0.823. The Kier molecular flexibility index (Phi) is 3.33. The van der Waals surface area contributed by atoms with Gasteiger partial charge in [0.15, 0.2) is 0 Å². The van der Waals surface area contributed by atoms with Gasteiger partial charge in [-0.2, -0.15) is 0 Å². The number of rotatable bonds is 4. The normalized spacial score (nSPS) is 19.3. The van der Waals surface area contributed by atoms with Crippen LogP contribution in [0.2, 0.25) is 0 Å². The van der Waals surface area contributed by atoms with Crippen molar-refractivity contribution in [2.24, 2.45) is 0 Å². The Hall–Kier alpha value is -1.35. The van der Waals surface area contributed by atoms with Gasteiger partial charge in [0.25, 0.3) is 0 Å². The van der Waals surface area contributed by atoms with Crippen LogP contribution >= 0.6 is 0 Å². The van der Waals surface area contributed by atoms with Gasteiger partial charge in [-0.3, -0.25) is 0 Å². The van der Waals surface area contributed by atoms with Crippen LogP contribution in [0.3, 0.4) is 0 Å². The largest absolute Gasteiger partial charge is 0.353 e. The van der Waals surface area contributed by atoms with E-state index in [4.69, 9.17) is 0 Å². The van der Waals surface area contributed by atoms with Gasteiger partial charge in [0, 0.05) is 31.4 Å². The van der Waals surface area contributed by atoms with E-state index in [9.17, 15) is 0 Å². The molecule has 0 unspecified atom stereocenters. The summed E-state index contributed by atoms with van der Waals surface area (Å²) >= 11 is 0. The maximum atomic E-state index is 4.66. The molecule has 1 aromatic rings. The first-order valence-corrected chi connectivity index (χ1v) is 6.92. The lowest BCUT2D eigenvalue weighted by molar-refractivity contribution is 0.685. The Morgan fingerprint density at radius 3 is 2.94 bits per heavy atom. The Bertz CT molecular complexity index is 449. The first-order chi connectivity index (χ1) is 8.81. The smallest absolute Gasteiger partial charge is 0.129 e. The Balaban J connectivity index is 1.73. The monoisotopic (exact) mass is 243 g/mol. The molecule has 0 saturated heterocycles. The standard InChI is InChI=1S/C15H21N3/c1-12-9-13(11-16-14-5-6-14)10-15(17-12)18-7-3-2-4-8-18/h2-3,9-10,14,16H,4-8,11H2,1H3. The average molecular weight is 243 g/mol. The molecule has 1 aromatic heterocycles. The number of nitrogens with one attached hydrogen (secondary N) is 1. The molecule has 1 saturated carbocycles. The minimum Gasteiger partial charge on any atom is -0.353 e. The third-order valence-corrected chi connectivity index (χ3v) is 3.55. The molecule has 3 nitrogen and oxygen atoms in total. The van der Waals surface area contributed by atoms with Crippen molar-refractivity contribution in [1.29, 1.82) is 0 Å². The van der Waals surface area contributed by atoms with Crippen molar-refractivity contribution >= 4 is 5.82 Å². The van der Waals surface area contributed by atoms with Crippen molar-refractivity contribution in [2.45, 2.75) is 38.8 Å². The van der Waals surface area contributed by atoms with E-state index >= 15 is 0 Å². The number of pyridine rings is 1. The first-order valence-electron chi connectivity index (χ1n) is 6.92. The van der Waals surface area contributed by atoms with E-state index in [1.54, 1.807) is 0 Å². The van der Waals surface area contributed by atoms with Crippen LogP contribution in [0.1, 0.15) is 30.5 Å². The van der Waals surface area contributed by atoms with Gasteiger partial charge in [-0.15, -0.1) is 0 Å². The van der Waals surface area contributed by atoms with Gasteiger partial charge in [-0.1, -0.05) is 12.2 Å². The third-order valence-electron chi connectivity index (χ3n) is 3.55. The van der Waals surface area contributed by atoms with Crippen LogP contribution in [-0.2, 0) is 6.54 Å². The average Bonchev–Trinajstić information content (AvgIpc) is 3.21. The molecule has 0 spiro atoms. The van der Waals surface area contributed by atoms with Crippen LogP contribution in [0, 0.1) is 6.92 Å². The number of anilines is 1. The molecule has 1 aliphatic heterocycles. The summed E-state index contributed by atoms with van der Waals surface area (Å²) < 4.78 is 0. The number of hydrogen-bond acceptors (Lipinski definition) is 3. The second-order valence-electron chi connectivity index (χ2n) is 5.34. The molecular formula is C15H21N3. The SMILES string of the molecule is Cc1cc(CNC2CC2)cc(N2CC=CCC2)n1. The van der Waals surface area contributed by atoms with E-state index in [0.717, 1.165) is 43.6 Å². The van der Waals surface area contributed by atoms with Gasteiger partial charge in [0.2, 0.25) is 0 Å². The maximum absolute atomic E-state index is 4.66. The fourth-order valence-electron chi connectivity index (χ4n) is 2.38. The van der Waals surface area contributed by atoms with Crippen LogP contribution in [0.5, 0.6) is 0 Å². The summed E-state index contributed by atoms with van der Waals surface area (Å²) in [6.45, 7) is 5.14. The number of aryl methyl sites for hydroxylation is 1. The van der Waals surface area contributed by atoms with Gasteiger partial charge in [0.1, 0.15) is 5.82 Å². The van der Waals surface area contributed by atoms with Gasteiger partial charge < -0.3 is 10.2 Å². The fraction of sp³-hybridized carbons (Fsp3) is 0.533. The highest BCUT2D eigenvalue weighted by atomic mass is 15.2. The highest BCUT2D eigenvalue weighted by molar-refractivity contribution is 5.44. The molecular weight excluding hydrogens is 222 g/mol. The zero-order valence-corrected chi connectivity index (χ0v) is 11.0. The molecule has 3 heteroatoms. The molecule has 0 bridgehead atoms. The van der Waals surface area contributed by atoms with Crippen LogP contribution in [0.15, 0.2) is 24.3 Å². The van der Waals surface area contributed by atoms with Crippen molar-refractivity contribution in [1.82, 2.24) is 10.3 Å². The summed E-state index contributed by atoms with van der Waals surface area (Å²) in [4.78, 5) is 7.02. The van der Waals surface area contributed by atoms with Crippen molar-refractivity contribution in [3.8, 4) is 0 Å². The maximum Gasteiger partial charge on any atom is 0.129 e. The lowest BCUT2D eigenvalue weighted by atomic mass is 10.2. The first kappa shape index (κ1) is 11.7. The van der Waals surface area contributed by atoms with Crippen molar-refractivity contribution < 1.29 is 0 Å². The molecule has 1 N–H and O–H groups in total. The summed E-state index contributed by atoms with van der Waals surface area (Å²) in [7, 11) is 0. The molecule has 18 heavy (non-hydrogen) atoms. The molecule has 0 aromatic carbocycles. The summed E-state index contributed by atoms with van der Waals surface area (Å²) in [6, 6.07) is 5.19. The van der Waals surface area contributed by atoms with Crippen molar-refractivity contribution in [2.75, 3.05) is 18.0 Å². The minimum atomic E-state index is 0.764. The molecule has 2 heterocycles. The Morgan fingerprint density at radius 1 is 1.33 bits per heavy atom. The Labute approximate surface area is 109 Å². The molecule has 3 rings (SSSR count). The third kappa shape index (κ3) is 2.91. The molecule has 0 amide bonds. The van der Waals surface area contributed by atoms with E-state index in [2.05, 4.69) is 46.4 Å².